The minimum absolute atomic E-state index is 0.0812. The van der Waals surface area contributed by atoms with Crippen molar-refractivity contribution in [1.29, 1.82) is 5.26 Å². The Kier molecular flexibility index (Phi) is 4.90. The summed E-state index contributed by atoms with van der Waals surface area (Å²) in [4.78, 5) is 17.6. The predicted octanol–water partition coefficient (Wildman–Crippen LogP) is 3.90. The molecule has 1 unspecified atom stereocenters. The van der Waals surface area contributed by atoms with E-state index in [1.54, 1.807) is 12.4 Å². The van der Waals surface area contributed by atoms with E-state index >= 15 is 0 Å². The van der Waals surface area contributed by atoms with E-state index in [4.69, 9.17) is 0 Å². The molecule has 1 N–H and O–H groups in total. The Hall–Kier alpha value is -3.33. The highest BCUT2D eigenvalue weighted by molar-refractivity contribution is 5.58. The molecule has 0 fully saturated rings. The lowest BCUT2D eigenvalue weighted by molar-refractivity contribution is 0.836. The standard InChI is InChI=1S/C20H20N6/c1-12-9-13(2)24-20(17(12)10-21)26-15(4)18-11-23-19(25-14(18)3)16-5-7-22-8-6-16/h5-9,11,15H,1-4H3,(H,24,26). The third kappa shape index (κ3) is 3.52. The second kappa shape index (κ2) is 7.28. The predicted molar refractivity (Wildman–Crippen MR) is 100 cm³/mol. The van der Waals surface area contributed by atoms with Gasteiger partial charge in [0.15, 0.2) is 5.82 Å². The summed E-state index contributed by atoms with van der Waals surface area (Å²) in [6.07, 6.45) is 5.27. The van der Waals surface area contributed by atoms with Crippen molar-refractivity contribution < 1.29 is 0 Å². The number of rotatable bonds is 4. The maximum Gasteiger partial charge on any atom is 0.159 e. The molecule has 0 saturated heterocycles. The second-order valence-electron chi connectivity index (χ2n) is 6.25. The molecule has 0 radical (unpaired) electrons. The van der Waals surface area contributed by atoms with Crippen LogP contribution in [0.5, 0.6) is 0 Å². The maximum atomic E-state index is 9.43. The first-order chi connectivity index (χ1) is 12.5. The fourth-order valence-corrected chi connectivity index (χ4v) is 2.91. The summed E-state index contributed by atoms with van der Waals surface area (Å²) < 4.78 is 0. The number of nitrogens with one attached hydrogen (secondary N) is 1. The minimum Gasteiger partial charge on any atom is -0.362 e. The number of aromatic nitrogens is 4. The van der Waals surface area contributed by atoms with Crippen LogP contribution in [0.1, 0.15) is 41.0 Å². The number of aryl methyl sites for hydroxylation is 3. The van der Waals surface area contributed by atoms with Crippen LogP contribution in [0.25, 0.3) is 11.4 Å². The largest absolute Gasteiger partial charge is 0.362 e. The first kappa shape index (κ1) is 17.5. The van der Waals surface area contributed by atoms with Gasteiger partial charge in [-0.05, 0) is 51.5 Å². The van der Waals surface area contributed by atoms with Crippen molar-refractivity contribution in [2.75, 3.05) is 5.32 Å². The zero-order valence-electron chi connectivity index (χ0n) is 15.3. The highest BCUT2D eigenvalue weighted by atomic mass is 15.0. The second-order valence-corrected chi connectivity index (χ2v) is 6.25. The zero-order valence-corrected chi connectivity index (χ0v) is 15.3. The molecule has 3 rings (SSSR count). The van der Waals surface area contributed by atoms with Crippen molar-refractivity contribution in [3.05, 3.63) is 64.9 Å². The van der Waals surface area contributed by atoms with Gasteiger partial charge >= 0.3 is 0 Å². The van der Waals surface area contributed by atoms with Crippen molar-refractivity contribution in [2.24, 2.45) is 0 Å². The Morgan fingerprint density at radius 2 is 1.85 bits per heavy atom. The molecular formula is C20H20N6. The molecule has 26 heavy (non-hydrogen) atoms. The molecule has 3 aromatic rings. The Balaban J connectivity index is 1.90. The highest BCUT2D eigenvalue weighted by Gasteiger charge is 2.15. The summed E-state index contributed by atoms with van der Waals surface area (Å²) in [5.41, 5.74) is 5.13. The van der Waals surface area contributed by atoms with Gasteiger partial charge in [-0.3, -0.25) is 4.98 Å². The lowest BCUT2D eigenvalue weighted by Crippen LogP contribution is -2.13. The van der Waals surface area contributed by atoms with Gasteiger partial charge in [-0.25, -0.2) is 15.0 Å². The SMILES string of the molecule is Cc1cc(C)c(C#N)c(NC(C)c2cnc(-c3ccncc3)nc2C)n1. The van der Waals surface area contributed by atoms with E-state index < -0.39 is 0 Å². The third-order valence-electron chi connectivity index (χ3n) is 4.23. The van der Waals surface area contributed by atoms with Crippen molar-refractivity contribution in [3.63, 3.8) is 0 Å². The Bertz CT molecular complexity index is 976. The molecule has 0 spiro atoms. The molecule has 0 saturated carbocycles. The highest BCUT2D eigenvalue weighted by Crippen LogP contribution is 2.25. The summed E-state index contributed by atoms with van der Waals surface area (Å²) in [5.74, 6) is 1.26. The van der Waals surface area contributed by atoms with E-state index in [1.807, 2.05) is 52.1 Å². The van der Waals surface area contributed by atoms with Crippen molar-refractivity contribution in [3.8, 4) is 17.5 Å². The fraction of sp³-hybridized carbons (Fsp3) is 0.250. The molecule has 6 nitrogen and oxygen atoms in total. The number of pyridine rings is 2. The van der Waals surface area contributed by atoms with E-state index in [9.17, 15) is 5.26 Å². The number of anilines is 1. The summed E-state index contributed by atoms with van der Waals surface area (Å²) in [6.45, 7) is 7.81. The van der Waals surface area contributed by atoms with Crippen LogP contribution < -0.4 is 5.32 Å². The molecule has 0 aromatic carbocycles. The molecule has 130 valence electrons. The normalized spacial score (nSPS) is 11.7. The number of nitriles is 1. The van der Waals surface area contributed by atoms with Crippen LogP contribution in [-0.2, 0) is 0 Å². The summed E-state index contributed by atoms with van der Waals surface area (Å²) in [5, 5.41) is 12.8. The van der Waals surface area contributed by atoms with Gasteiger partial charge in [-0.2, -0.15) is 5.26 Å². The van der Waals surface area contributed by atoms with Crippen LogP contribution >= 0.6 is 0 Å². The quantitative estimate of drug-likeness (QED) is 0.772. The van der Waals surface area contributed by atoms with Gasteiger partial charge in [0.05, 0.1) is 11.6 Å². The van der Waals surface area contributed by atoms with Gasteiger partial charge in [-0.15, -0.1) is 0 Å². The van der Waals surface area contributed by atoms with Crippen LogP contribution in [0.2, 0.25) is 0 Å². The average molecular weight is 344 g/mol. The number of hydrogen-bond acceptors (Lipinski definition) is 6. The van der Waals surface area contributed by atoms with E-state index in [2.05, 4.69) is 31.3 Å². The van der Waals surface area contributed by atoms with Crippen molar-refractivity contribution in [2.45, 2.75) is 33.7 Å². The van der Waals surface area contributed by atoms with Crippen LogP contribution in [0.4, 0.5) is 5.82 Å². The Morgan fingerprint density at radius 1 is 1.12 bits per heavy atom. The molecule has 6 heteroatoms. The van der Waals surface area contributed by atoms with Gasteiger partial charge in [0.25, 0.3) is 0 Å². The first-order valence-corrected chi connectivity index (χ1v) is 8.38. The van der Waals surface area contributed by atoms with Gasteiger partial charge in [0.2, 0.25) is 0 Å². The first-order valence-electron chi connectivity index (χ1n) is 8.38. The molecule has 0 bridgehead atoms. The molecule has 0 aliphatic carbocycles. The van der Waals surface area contributed by atoms with Crippen molar-refractivity contribution >= 4 is 5.82 Å². The van der Waals surface area contributed by atoms with E-state index in [-0.39, 0.29) is 6.04 Å². The number of nitrogens with zero attached hydrogens (tertiary/aromatic N) is 5. The molecule has 3 aromatic heterocycles. The van der Waals surface area contributed by atoms with Gasteiger partial charge in [-0.1, -0.05) is 0 Å². The topological polar surface area (TPSA) is 87.4 Å². The molecular weight excluding hydrogens is 324 g/mol. The zero-order chi connectivity index (χ0) is 18.7. The van der Waals surface area contributed by atoms with Gasteiger partial charge in [0, 0.05) is 41.1 Å². The molecule has 0 aliphatic heterocycles. The summed E-state index contributed by atoms with van der Waals surface area (Å²) in [6, 6.07) is 7.83. The van der Waals surface area contributed by atoms with Gasteiger partial charge in [0.1, 0.15) is 11.9 Å². The lowest BCUT2D eigenvalue weighted by Gasteiger charge is -2.18. The van der Waals surface area contributed by atoms with Crippen LogP contribution in [0, 0.1) is 32.1 Å². The summed E-state index contributed by atoms with van der Waals surface area (Å²) >= 11 is 0. The monoisotopic (exact) mass is 344 g/mol. The van der Waals surface area contributed by atoms with E-state index in [1.165, 1.54) is 0 Å². The third-order valence-corrected chi connectivity index (χ3v) is 4.23. The summed E-state index contributed by atoms with van der Waals surface area (Å²) in [7, 11) is 0. The van der Waals surface area contributed by atoms with Crippen LogP contribution in [0.3, 0.4) is 0 Å². The Morgan fingerprint density at radius 3 is 2.50 bits per heavy atom. The minimum atomic E-state index is -0.0812. The maximum absolute atomic E-state index is 9.43. The molecule has 0 amide bonds. The number of hydrogen-bond donors (Lipinski definition) is 1. The fourth-order valence-electron chi connectivity index (χ4n) is 2.91. The van der Waals surface area contributed by atoms with Crippen molar-refractivity contribution in [1.82, 2.24) is 19.9 Å². The Labute approximate surface area is 153 Å². The molecule has 1 atom stereocenters. The van der Waals surface area contributed by atoms with Crippen LogP contribution in [-0.4, -0.2) is 19.9 Å². The lowest BCUT2D eigenvalue weighted by atomic mass is 10.1. The van der Waals surface area contributed by atoms with Gasteiger partial charge < -0.3 is 5.32 Å². The smallest absolute Gasteiger partial charge is 0.159 e. The van der Waals surface area contributed by atoms with E-state index in [0.717, 1.165) is 28.1 Å². The average Bonchev–Trinajstić information content (AvgIpc) is 2.62. The van der Waals surface area contributed by atoms with E-state index in [0.29, 0.717) is 17.2 Å². The molecule has 0 aliphatic rings. The molecule has 3 heterocycles. The van der Waals surface area contributed by atoms with Crippen LogP contribution in [0.15, 0.2) is 36.8 Å².